The van der Waals surface area contributed by atoms with Crippen LogP contribution >= 0.6 is 0 Å². The van der Waals surface area contributed by atoms with Gasteiger partial charge in [-0.1, -0.05) is 36.4 Å². The number of anilines is 3. The number of ether oxygens (including phenoxy) is 1. The molecule has 0 atom stereocenters. The van der Waals surface area contributed by atoms with Gasteiger partial charge in [0.2, 0.25) is 5.91 Å². The van der Waals surface area contributed by atoms with Crippen molar-refractivity contribution in [2.24, 2.45) is 0 Å². The van der Waals surface area contributed by atoms with Crippen molar-refractivity contribution in [3.63, 3.8) is 0 Å². The van der Waals surface area contributed by atoms with Crippen molar-refractivity contribution in [3.8, 4) is 0 Å². The lowest BCUT2D eigenvalue weighted by atomic mass is 9.99. The molecule has 3 aromatic rings. The molecule has 9 nitrogen and oxygen atoms in total. The molecule has 1 aliphatic rings. The third kappa shape index (κ3) is 6.74. The molecule has 40 heavy (non-hydrogen) atoms. The summed E-state index contributed by atoms with van der Waals surface area (Å²) in [6.07, 6.45) is 0. The molecule has 0 aliphatic carbocycles. The molecule has 1 heterocycles. The molecule has 4 rings (SSSR count). The van der Waals surface area contributed by atoms with E-state index in [1.807, 2.05) is 92.6 Å². The first kappa shape index (κ1) is 28.5. The fourth-order valence-corrected chi connectivity index (χ4v) is 4.27. The molecule has 0 saturated heterocycles. The number of likely N-dealkylation sites (N-methyl/N-ethyl adjacent to an activating group) is 3. The van der Waals surface area contributed by atoms with Crippen LogP contribution in [0.2, 0.25) is 0 Å². The van der Waals surface area contributed by atoms with E-state index in [4.69, 9.17) is 4.74 Å². The second-order valence-electron chi connectivity index (χ2n) is 10.1. The largest absolute Gasteiger partial charge is 0.461 e. The Labute approximate surface area is 235 Å². The summed E-state index contributed by atoms with van der Waals surface area (Å²) in [5.41, 5.74) is 5.05. The number of carbonyl (C=O) groups is 3. The van der Waals surface area contributed by atoms with Gasteiger partial charge in [0, 0.05) is 30.5 Å². The minimum absolute atomic E-state index is 0.0158. The Bertz CT molecular complexity index is 1420. The molecule has 0 aromatic heterocycles. The molecule has 3 aromatic carbocycles. The molecule has 2 N–H and O–H groups in total. The van der Waals surface area contributed by atoms with E-state index in [0.717, 1.165) is 16.9 Å². The van der Waals surface area contributed by atoms with Crippen LogP contribution < -0.4 is 15.5 Å². The second kappa shape index (κ2) is 12.6. The lowest BCUT2D eigenvalue weighted by Crippen LogP contribution is -2.34. The van der Waals surface area contributed by atoms with E-state index < -0.39 is 5.97 Å². The van der Waals surface area contributed by atoms with Crippen molar-refractivity contribution in [1.82, 2.24) is 9.80 Å². The average molecular weight is 542 g/mol. The molecule has 2 amide bonds. The van der Waals surface area contributed by atoms with Gasteiger partial charge in [0.25, 0.3) is 5.91 Å². The molecular formula is C31H35N5O4. The van der Waals surface area contributed by atoms with E-state index >= 15 is 0 Å². The minimum Gasteiger partial charge on any atom is -0.461 e. The molecule has 0 fully saturated rings. The second-order valence-corrected chi connectivity index (χ2v) is 10.1. The number of nitrogens with one attached hydrogen (secondary N) is 2. The number of benzene rings is 3. The summed E-state index contributed by atoms with van der Waals surface area (Å²) in [5.74, 6) is -0.727. The van der Waals surface area contributed by atoms with Crippen LogP contribution in [0.1, 0.15) is 21.5 Å². The van der Waals surface area contributed by atoms with E-state index in [9.17, 15) is 14.4 Å². The normalized spacial score (nSPS) is 13.6. The van der Waals surface area contributed by atoms with Gasteiger partial charge < -0.3 is 30.1 Å². The Hall–Kier alpha value is -4.47. The Kier molecular flexibility index (Phi) is 8.98. The predicted octanol–water partition coefficient (Wildman–Crippen LogP) is 3.86. The fraction of sp³-hybridized carbons (Fsp3) is 0.258. The summed E-state index contributed by atoms with van der Waals surface area (Å²) in [4.78, 5) is 43.7. The van der Waals surface area contributed by atoms with Gasteiger partial charge in [-0.3, -0.25) is 9.59 Å². The van der Waals surface area contributed by atoms with Crippen LogP contribution in [0.4, 0.5) is 17.1 Å². The van der Waals surface area contributed by atoms with Gasteiger partial charge in [0.05, 0.1) is 29.1 Å². The SMILES string of the molecule is CN(C)CCOC(=O)c1ccc2c(c1)NC(=O)/C2=C(\Nc1ccc(N(C)C(=O)CN(C)C)cc1)c1ccccc1. The van der Waals surface area contributed by atoms with E-state index in [1.165, 1.54) is 0 Å². The number of esters is 1. The number of amides is 2. The molecular weight excluding hydrogens is 506 g/mol. The summed E-state index contributed by atoms with van der Waals surface area (Å²) in [7, 11) is 9.27. The number of rotatable bonds is 10. The summed E-state index contributed by atoms with van der Waals surface area (Å²) in [6.45, 7) is 1.21. The third-order valence-corrected chi connectivity index (χ3v) is 6.43. The van der Waals surface area contributed by atoms with E-state index in [-0.39, 0.29) is 18.4 Å². The molecule has 0 bridgehead atoms. The molecule has 9 heteroatoms. The monoisotopic (exact) mass is 541 g/mol. The van der Waals surface area contributed by atoms with Crippen LogP contribution in [0.3, 0.4) is 0 Å². The van der Waals surface area contributed by atoms with Crippen LogP contribution in [-0.2, 0) is 14.3 Å². The highest BCUT2D eigenvalue weighted by atomic mass is 16.5. The number of nitrogens with zero attached hydrogens (tertiary/aromatic N) is 3. The standard InChI is InChI=1S/C31H35N5O4/c1-34(2)17-18-40-31(39)22-11-16-25-26(19-22)33-30(38)28(25)29(21-9-7-6-8-10-21)32-23-12-14-24(15-13-23)36(5)27(37)20-35(3)4/h6-16,19,32H,17-18,20H2,1-5H3,(H,33,38)/b29-28-. The van der Waals surface area contributed by atoms with Crippen LogP contribution in [-0.4, -0.2) is 82.5 Å². The summed E-state index contributed by atoms with van der Waals surface area (Å²) in [5, 5.41) is 6.33. The van der Waals surface area contributed by atoms with Gasteiger partial charge in [-0.05, 0) is 70.2 Å². The van der Waals surface area contributed by atoms with Crippen LogP contribution in [0, 0.1) is 0 Å². The maximum absolute atomic E-state index is 13.3. The van der Waals surface area contributed by atoms with Crippen molar-refractivity contribution < 1.29 is 19.1 Å². The molecule has 0 radical (unpaired) electrons. The Morgan fingerprint density at radius 2 is 1.55 bits per heavy atom. The highest BCUT2D eigenvalue weighted by Crippen LogP contribution is 2.38. The van der Waals surface area contributed by atoms with Gasteiger partial charge in [0.1, 0.15) is 6.61 Å². The maximum Gasteiger partial charge on any atom is 0.338 e. The van der Waals surface area contributed by atoms with E-state index in [2.05, 4.69) is 10.6 Å². The molecule has 208 valence electrons. The van der Waals surface area contributed by atoms with Crippen molar-refractivity contribution >= 4 is 46.1 Å². The first-order chi connectivity index (χ1) is 19.1. The molecule has 1 aliphatic heterocycles. The number of hydrogen-bond acceptors (Lipinski definition) is 7. The Morgan fingerprint density at radius 1 is 0.850 bits per heavy atom. The number of carbonyl (C=O) groups excluding carboxylic acids is 3. The third-order valence-electron chi connectivity index (χ3n) is 6.43. The maximum atomic E-state index is 13.3. The fourth-order valence-electron chi connectivity index (χ4n) is 4.27. The smallest absolute Gasteiger partial charge is 0.338 e. The lowest BCUT2D eigenvalue weighted by molar-refractivity contribution is -0.119. The topological polar surface area (TPSA) is 94.2 Å². The van der Waals surface area contributed by atoms with Crippen LogP contribution in [0.15, 0.2) is 72.8 Å². The van der Waals surface area contributed by atoms with Gasteiger partial charge in [0.15, 0.2) is 0 Å². The van der Waals surface area contributed by atoms with Crippen molar-refractivity contribution in [2.75, 3.05) is 70.5 Å². The quantitative estimate of drug-likeness (QED) is 0.297. The molecule has 0 saturated carbocycles. The first-order valence-corrected chi connectivity index (χ1v) is 13.0. The number of hydrogen-bond donors (Lipinski definition) is 2. The van der Waals surface area contributed by atoms with Crippen molar-refractivity contribution in [1.29, 1.82) is 0 Å². The van der Waals surface area contributed by atoms with E-state index in [1.54, 1.807) is 30.1 Å². The summed E-state index contributed by atoms with van der Waals surface area (Å²) < 4.78 is 5.36. The zero-order valence-electron chi connectivity index (χ0n) is 23.5. The van der Waals surface area contributed by atoms with Crippen molar-refractivity contribution in [3.05, 3.63) is 89.5 Å². The van der Waals surface area contributed by atoms with E-state index in [0.29, 0.717) is 41.2 Å². The van der Waals surface area contributed by atoms with Gasteiger partial charge in [-0.2, -0.15) is 0 Å². The average Bonchev–Trinajstić information content (AvgIpc) is 3.26. The summed E-state index contributed by atoms with van der Waals surface area (Å²) >= 11 is 0. The Balaban J connectivity index is 1.64. The first-order valence-electron chi connectivity index (χ1n) is 13.0. The minimum atomic E-state index is -0.438. The molecule has 0 spiro atoms. The van der Waals surface area contributed by atoms with Gasteiger partial charge in [-0.15, -0.1) is 0 Å². The van der Waals surface area contributed by atoms with Crippen LogP contribution in [0.5, 0.6) is 0 Å². The Morgan fingerprint density at radius 3 is 2.20 bits per heavy atom. The zero-order chi connectivity index (χ0) is 28.8. The van der Waals surface area contributed by atoms with Crippen LogP contribution in [0.25, 0.3) is 11.3 Å². The van der Waals surface area contributed by atoms with Gasteiger partial charge >= 0.3 is 5.97 Å². The zero-order valence-corrected chi connectivity index (χ0v) is 23.5. The highest BCUT2D eigenvalue weighted by molar-refractivity contribution is 6.37. The highest BCUT2D eigenvalue weighted by Gasteiger charge is 2.29. The van der Waals surface area contributed by atoms with Gasteiger partial charge in [-0.25, -0.2) is 4.79 Å². The lowest BCUT2D eigenvalue weighted by Gasteiger charge is -2.20. The predicted molar refractivity (Wildman–Crippen MR) is 159 cm³/mol. The summed E-state index contributed by atoms with van der Waals surface area (Å²) in [6, 6.07) is 22.2. The molecule has 0 unspecified atom stereocenters. The number of fused-ring (bicyclic) bond motifs is 1. The van der Waals surface area contributed by atoms with Crippen molar-refractivity contribution in [2.45, 2.75) is 0 Å².